The number of Topliss-reactive ketones (excluding diaryl/α,β-unsaturated/α-hetero) is 1. The van der Waals surface area contributed by atoms with Gasteiger partial charge in [-0.25, -0.2) is 4.98 Å². The third kappa shape index (κ3) is 7.52. The van der Waals surface area contributed by atoms with E-state index in [0.29, 0.717) is 34.6 Å². The van der Waals surface area contributed by atoms with E-state index in [0.717, 1.165) is 23.9 Å². The molecule has 0 aliphatic heterocycles. The Kier molecular flexibility index (Phi) is 9.91. The van der Waals surface area contributed by atoms with Gasteiger partial charge in [0.1, 0.15) is 0 Å². The van der Waals surface area contributed by atoms with Crippen LogP contribution in [0.4, 0.5) is 11.5 Å². The molecule has 0 saturated heterocycles. The molecule has 1 aliphatic carbocycles. The summed E-state index contributed by atoms with van der Waals surface area (Å²) in [7, 11) is 2.67. The first-order valence-corrected chi connectivity index (χ1v) is 13.2. The van der Waals surface area contributed by atoms with Crippen molar-refractivity contribution in [2.24, 2.45) is 7.05 Å². The molecule has 0 bridgehead atoms. The van der Waals surface area contributed by atoms with Crippen LogP contribution in [-0.4, -0.2) is 38.4 Å². The van der Waals surface area contributed by atoms with E-state index in [1.54, 1.807) is 49.8 Å². The lowest BCUT2D eigenvalue weighted by Gasteiger charge is -2.18. The Morgan fingerprint density at radius 2 is 1.68 bits per heavy atom. The number of allylic oxidation sites excluding steroid dienone is 5. The van der Waals surface area contributed by atoms with E-state index in [1.165, 1.54) is 11.5 Å². The first kappa shape index (κ1) is 30.9. The van der Waals surface area contributed by atoms with Crippen molar-refractivity contribution >= 4 is 28.8 Å². The lowest BCUT2D eigenvalue weighted by molar-refractivity contribution is 0.0965. The number of aryl methyl sites for hydroxylation is 1. The third-order valence-electron chi connectivity index (χ3n) is 6.49. The molecule has 3 aromatic rings. The van der Waals surface area contributed by atoms with Crippen molar-refractivity contribution < 1.29 is 14.7 Å². The molecule has 0 saturated carbocycles. The first-order chi connectivity index (χ1) is 19.4. The van der Waals surface area contributed by atoms with Gasteiger partial charge >= 0.3 is 0 Å². The number of hydrogen-bond donors (Lipinski definition) is 3. The van der Waals surface area contributed by atoms with Crippen LogP contribution in [-0.2, 0) is 12.5 Å². The summed E-state index contributed by atoms with van der Waals surface area (Å²) in [6, 6.07) is 10.5. The van der Waals surface area contributed by atoms with Crippen molar-refractivity contribution in [2.75, 3.05) is 12.4 Å². The van der Waals surface area contributed by atoms with E-state index in [4.69, 9.17) is 5.11 Å². The van der Waals surface area contributed by atoms with Crippen LogP contribution in [0.15, 0.2) is 83.1 Å². The lowest BCUT2D eigenvalue weighted by Crippen LogP contribution is -2.24. The average molecular weight is 556 g/mol. The molecule has 0 fully saturated rings. The van der Waals surface area contributed by atoms with Crippen molar-refractivity contribution in [3.05, 3.63) is 111 Å². The van der Waals surface area contributed by atoms with Gasteiger partial charge in [-0.15, -0.1) is 0 Å². The summed E-state index contributed by atoms with van der Waals surface area (Å²) in [5.74, 6) is -0.130. The normalized spacial score (nSPS) is 13.0. The second kappa shape index (κ2) is 13.1. The fourth-order valence-electron chi connectivity index (χ4n) is 4.14. The van der Waals surface area contributed by atoms with Gasteiger partial charge in [0.2, 0.25) is 0 Å². The Balaban J connectivity index is 0.00000226. The summed E-state index contributed by atoms with van der Waals surface area (Å²) in [5.41, 5.74) is 5.07. The minimum Gasteiger partial charge on any atom is -0.400 e. The molecule has 1 aliphatic rings. The predicted octanol–water partition coefficient (Wildman–Crippen LogP) is 5.07. The number of pyridine rings is 1. The summed E-state index contributed by atoms with van der Waals surface area (Å²) in [6.45, 7) is 9.65. The van der Waals surface area contributed by atoms with Crippen molar-refractivity contribution in [3.8, 4) is 0 Å². The van der Waals surface area contributed by atoms with Crippen molar-refractivity contribution in [1.29, 1.82) is 0 Å². The standard InChI is InChI=1S/C31H33N5O3.CH4O/c1-19-24(9-7-8-10-25(19)35-29(38)22-13-16-27(32-17-22)31(3,4)5)26-18-36(6)30(39)28(34-26)33-23-14-11-21(12-15-23)20(2)37;1-2/h8-18H,7H2,1-6H3,(H,33,34)(H,35,38);2H,1H3. The maximum absolute atomic E-state index is 13.1. The topological polar surface area (TPSA) is 126 Å². The molecule has 41 heavy (non-hydrogen) atoms. The number of ketones is 1. The number of nitrogens with one attached hydrogen (secondary N) is 2. The molecule has 0 spiro atoms. The zero-order chi connectivity index (χ0) is 30.3. The van der Waals surface area contributed by atoms with Crippen LogP contribution in [0, 0.1) is 0 Å². The van der Waals surface area contributed by atoms with Gasteiger partial charge < -0.3 is 20.3 Å². The maximum Gasteiger partial charge on any atom is 0.293 e. The van der Waals surface area contributed by atoms with Crippen LogP contribution in [0.2, 0.25) is 0 Å². The Bertz CT molecular complexity index is 1570. The first-order valence-electron chi connectivity index (χ1n) is 13.2. The van der Waals surface area contributed by atoms with Gasteiger partial charge in [-0.05, 0) is 68.3 Å². The summed E-state index contributed by atoms with van der Waals surface area (Å²) < 4.78 is 1.47. The van der Waals surface area contributed by atoms with Crippen LogP contribution < -0.4 is 16.2 Å². The van der Waals surface area contributed by atoms with Crippen LogP contribution in [0.5, 0.6) is 0 Å². The van der Waals surface area contributed by atoms with E-state index >= 15 is 0 Å². The molecule has 9 nitrogen and oxygen atoms in total. The molecule has 3 N–H and O–H groups in total. The zero-order valence-corrected chi connectivity index (χ0v) is 24.6. The van der Waals surface area contributed by atoms with Crippen molar-refractivity contribution in [1.82, 2.24) is 19.9 Å². The third-order valence-corrected chi connectivity index (χ3v) is 6.49. The Hall–Kier alpha value is -4.63. The highest BCUT2D eigenvalue weighted by Gasteiger charge is 2.19. The fourth-order valence-corrected chi connectivity index (χ4v) is 4.14. The van der Waals surface area contributed by atoms with E-state index < -0.39 is 0 Å². The number of nitrogens with zero attached hydrogens (tertiary/aromatic N) is 3. The highest BCUT2D eigenvalue weighted by Crippen LogP contribution is 2.28. The van der Waals surface area contributed by atoms with E-state index in [2.05, 4.69) is 41.4 Å². The minimum atomic E-state index is -0.289. The van der Waals surface area contributed by atoms with E-state index in [9.17, 15) is 14.4 Å². The molecule has 0 atom stereocenters. The number of amides is 1. The molecule has 1 amide bonds. The molecule has 0 unspecified atom stereocenters. The number of carbonyl (C=O) groups excluding carboxylic acids is 2. The average Bonchev–Trinajstić information content (AvgIpc) is 3.13. The molecule has 9 heteroatoms. The van der Waals surface area contributed by atoms with Crippen LogP contribution in [0.3, 0.4) is 0 Å². The monoisotopic (exact) mass is 555 g/mol. The molecular weight excluding hydrogens is 518 g/mol. The molecule has 0 radical (unpaired) electrons. The highest BCUT2D eigenvalue weighted by molar-refractivity contribution is 5.96. The minimum absolute atomic E-state index is 0.0326. The number of hydrogen-bond acceptors (Lipinski definition) is 7. The molecule has 214 valence electrons. The number of aromatic nitrogens is 3. The molecule has 4 rings (SSSR count). The van der Waals surface area contributed by atoms with Crippen molar-refractivity contribution in [3.63, 3.8) is 0 Å². The maximum atomic E-state index is 13.1. The second-order valence-electron chi connectivity index (χ2n) is 10.6. The van der Waals surface area contributed by atoms with Gasteiger partial charge in [-0.3, -0.25) is 19.4 Å². The van der Waals surface area contributed by atoms with Gasteiger partial charge in [0.15, 0.2) is 11.6 Å². The quantitative estimate of drug-likeness (QED) is 0.362. The lowest BCUT2D eigenvalue weighted by atomic mass is 9.91. The van der Waals surface area contributed by atoms with Crippen LogP contribution in [0.1, 0.15) is 73.1 Å². The molecule has 2 heterocycles. The summed E-state index contributed by atoms with van der Waals surface area (Å²) in [5, 5.41) is 13.1. The van der Waals surface area contributed by atoms with E-state index in [1.807, 2.05) is 31.2 Å². The molecule has 1 aromatic carbocycles. The van der Waals surface area contributed by atoms with Gasteiger partial charge in [0, 0.05) is 60.2 Å². The summed E-state index contributed by atoms with van der Waals surface area (Å²) >= 11 is 0. The fraction of sp³-hybridized carbons (Fsp3) is 0.281. The number of carbonyl (C=O) groups is 2. The Morgan fingerprint density at radius 1 is 1.02 bits per heavy atom. The number of aliphatic hydroxyl groups excluding tert-OH is 1. The second-order valence-corrected chi connectivity index (χ2v) is 10.6. The summed E-state index contributed by atoms with van der Waals surface area (Å²) in [4.78, 5) is 46.6. The predicted molar refractivity (Wildman–Crippen MR) is 162 cm³/mol. The van der Waals surface area contributed by atoms with Gasteiger partial charge in [0.25, 0.3) is 11.5 Å². The van der Waals surface area contributed by atoms with Crippen LogP contribution >= 0.6 is 0 Å². The number of aliphatic hydroxyl groups is 1. The van der Waals surface area contributed by atoms with Crippen molar-refractivity contribution in [2.45, 2.75) is 46.5 Å². The number of anilines is 2. The Morgan fingerprint density at radius 3 is 2.27 bits per heavy atom. The molecular formula is C32H37N5O4. The SMILES string of the molecule is CC(=O)c1ccc(Nc2nc(C3=CCC=CC(NC(=O)c4ccc(C(C)(C)C)nc4)=C3C)cn(C)c2=O)cc1.CO. The number of benzene rings is 1. The van der Waals surface area contributed by atoms with Crippen LogP contribution in [0.25, 0.3) is 5.57 Å². The smallest absolute Gasteiger partial charge is 0.293 e. The van der Waals surface area contributed by atoms with E-state index in [-0.39, 0.29) is 28.5 Å². The number of rotatable bonds is 6. The Labute approximate surface area is 240 Å². The van der Waals surface area contributed by atoms with Gasteiger partial charge in [-0.1, -0.05) is 32.9 Å². The largest absolute Gasteiger partial charge is 0.400 e. The van der Waals surface area contributed by atoms with Gasteiger partial charge in [0.05, 0.1) is 11.3 Å². The van der Waals surface area contributed by atoms with Gasteiger partial charge in [-0.2, -0.15) is 0 Å². The highest BCUT2D eigenvalue weighted by atomic mass is 16.2. The molecule has 2 aromatic heterocycles. The summed E-state index contributed by atoms with van der Waals surface area (Å²) in [6.07, 6.45) is 9.77. The zero-order valence-electron chi connectivity index (χ0n) is 24.6.